The Bertz CT molecular complexity index is 648. The van der Waals surface area contributed by atoms with E-state index in [1.807, 2.05) is 36.5 Å². The van der Waals surface area contributed by atoms with Crippen molar-refractivity contribution in [3.05, 3.63) is 40.0 Å². The van der Waals surface area contributed by atoms with Crippen LogP contribution < -0.4 is 4.90 Å². The second kappa shape index (κ2) is 8.02. The normalized spacial score (nSPS) is 16.0. The molecule has 1 aliphatic rings. The van der Waals surface area contributed by atoms with Gasteiger partial charge in [0.05, 0.1) is 25.0 Å². The van der Waals surface area contributed by atoms with E-state index in [9.17, 15) is 5.11 Å². The summed E-state index contributed by atoms with van der Waals surface area (Å²) in [6, 6.07) is 4.05. The monoisotopic (exact) mass is 348 g/mol. The van der Waals surface area contributed by atoms with Gasteiger partial charge in [-0.3, -0.25) is 4.90 Å². The van der Waals surface area contributed by atoms with Gasteiger partial charge >= 0.3 is 0 Å². The maximum Gasteiger partial charge on any atom is 0.136 e. The lowest BCUT2D eigenvalue weighted by Crippen LogP contribution is -2.39. The Morgan fingerprint density at radius 3 is 3.04 bits per heavy atom. The maximum absolute atomic E-state index is 10.3. The summed E-state index contributed by atoms with van der Waals surface area (Å²) in [6.07, 6.45) is 2.04. The van der Waals surface area contributed by atoms with Crippen molar-refractivity contribution in [3.63, 3.8) is 0 Å². The number of anilines is 1. The molecule has 1 unspecified atom stereocenters. The Balaban J connectivity index is 1.51. The van der Waals surface area contributed by atoms with Crippen molar-refractivity contribution in [2.45, 2.75) is 25.7 Å². The lowest BCUT2D eigenvalue weighted by atomic mass is 10.1. The Kier molecular flexibility index (Phi) is 5.78. The molecule has 0 spiro atoms. The van der Waals surface area contributed by atoms with Crippen LogP contribution in [0.3, 0.4) is 0 Å². The third-order valence-corrected chi connectivity index (χ3v) is 4.94. The van der Waals surface area contributed by atoms with Gasteiger partial charge < -0.3 is 14.7 Å². The average molecular weight is 348 g/mol. The molecule has 0 aliphatic carbocycles. The highest BCUT2D eigenvalue weighted by Gasteiger charge is 2.23. The van der Waals surface area contributed by atoms with Crippen molar-refractivity contribution in [1.82, 2.24) is 14.9 Å². The molecule has 2 aromatic rings. The second-order valence-corrected chi connectivity index (χ2v) is 7.28. The zero-order valence-corrected chi connectivity index (χ0v) is 15.0. The first-order valence-corrected chi connectivity index (χ1v) is 9.02. The SMILES string of the molecule is CN(C)c1ncnc2c1CN(CC(O)COCc1cccs1)CC2. The lowest BCUT2D eigenvalue weighted by Gasteiger charge is -2.31. The molecule has 1 atom stereocenters. The quantitative estimate of drug-likeness (QED) is 0.819. The van der Waals surface area contributed by atoms with Crippen molar-refractivity contribution < 1.29 is 9.84 Å². The van der Waals surface area contributed by atoms with Gasteiger partial charge in [-0.15, -0.1) is 11.3 Å². The van der Waals surface area contributed by atoms with E-state index >= 15 is 0 Å². The van der Waals surface area contributed by atoms with Crippen LogP contribution in [-0.4, -0.2) is 59.9 Å². The summed E-state index contributed by atoms with van der Waals surface area (Å²) < 4.78 is 5.61. The minimum atomic E-state index is -0.487. The third-order valence-electron chi connectivity index (χ3n) is 4.09. The van der Waals surface area contributed by atoms with E-state index in [0.717, 1.165) is 31.0 Å². The van der Waals surface area contributed by atoms with Gasteiger partial charge in [-0.25, -0.2) is 9.97 Å². The fourth-order valence-electron chi connectivity index (χ4n) is 2.96. The Hall–Kier alpha value is -1.54. The van der Waals surface area contributed by atoms with Gasteiger partial charge in [0.1, 0.15) is 12.1 Å². The van der Waals surface area contributed by atoms with E-state index in [1.165, 1.54) is 10.4 Å². The van der Waals surface area contributed by atoms with Crippen LogP contribution in [0.25, 0.3) is 0 Å². The molecule has 3 heterocycles. The summed E-state index contributed by atoms with van der Waals surface area (Å²) >= 11 is 1.67. The molecule has 3 rings (SSSR count). The number of nitrogens with zero attached hydrogens (tertiary/aromatic N) is 4. The van der Waals surface area contributed by atoms with Gasteiger partial charge in [-0.05, 0) is 11.4 Å². The highest BCUT2D eigenvalue weighted by Crippen LogP contribution is 2.24. The number of hydrogen-bond donors (Lipinski definition) is 1. The first kappa shape index (κ1) is 17.3. The predicted octanol–water partition coefficient (Wildman–Crippen LogP) is 1.54. The number of hydrogen-bond acceptors (Lipinski definition) is 7. The summed E-state index contributed by atoms with van der Waals surface area (Å²) in [4.78, 5) is 14.2. The minimum absolute atomic E-state index is 0.354. The minimum Gasteiger partial charge on any atom is -0.389 e. The van der Waals surface area contributed by atoms with Crippen molar-refractivity contribution in [3.8, 4) is 0 Å². The lowest BCUT2D eigenvalue weighted by molar-refractivity contribution is 0.00840. The Morgan fingerprint density at radius 2 is 2.29 bits per heavy atom. The van der Waals surface area contributed by atoms with Crippen LogP contribution in [0, 0.1) is 0 Å². The number of rotatable bonds is 7. The number of ether oxygens (including phenoxy) is 1. The summed E-state index contributed by atoms with van der Waals surface area (Å²) in [5.74, 6) is 0.966. The smallest absolute Gasteiger partial charge is 0.136 e. The number of aliphatic hydroxyl groups excluding tert-OH is 1. The van der Waals surface area contributed by atoms with Crippen LogP contribution in [0.5, 0.6) is 0 Å². The number of thiophene rings is 1. The highest BCUT2D eigenvalue weighted by atomic mass is 32.1. The van der Waals surface area contributed by atoms with Crippen LogP contribution in [0.1, 0.15) is 16.1 Å². The van der Waals surface area contributed by atoms with Gasteiger partial charge in [0, 0.05) is 50.6 Å². The first-order chi connectivity index (χ1) is 11.6. The number of aromatic nitrogens is 2. The Morgan fingerprint density at radius 1 is 1.42 bits per heavy atom. The standard InChI is InChI=1S/C17H24N4O2S/c1-20(2)17-15-9-21(6-5-16(15)18-12-19-17)8-13(22)10-23-11-14-4-3-7-24-14/h3-4,7,12-13,22H,5-6,8-11H2,1-2H3. The number of aliphatic hydroxyl groups is 1. The van der Waals surface area contributed by atoms with Crippen molar-refractivity contribution in [1.29, 1.82) is 0 Å². The molecule has 24 heavy (non-hydrogen) atoms. The van der Waals surface area contributed by atoms with E-state index in [2.05, 4.69) is 14.9 Å². The molecular weight excluding hydrogens is 324 g/mol. The van der Waals surface area contributed by atoms with E-state index in [0.29, 0.717) is 19.8 Å². The van der Waals surface area contributed by atoms with Crippen molar-refractivity contribution >= 4 is 17.2 Å². The molecule has 0 saturated carbocycles. The Labute approximate surface area is 146 Å². The van der Waals surface area contributed by atoms with Crippen molar-refractivity contribution in [2.75, 3.05) is 38.7 Å². The van der Waals surface area contributed by atoms with Crippen molar-refractivity contribution in [2.24, 2.45) is 0 Å². The molecule has 2 aromatic heterocycles. The second-order valence-electron chi connectivity index (χ2n) is 6.25. The highest BCUT2D eigenvalue weighted by molar-refractivity contribution is 7.09. The molecule has 0 fully saturated rings. The van der Waals surface area contributed by atoms with Gasteiger partial charge in [0.2, 0.25) is 0 Å². The molecule has 0 saturated heterocycles. The van der Waals surface area contributed by atoms with E-state index in [4.69, 9.17) is 4.74 Å². The van der Waals surface area contributed by atoms with Crippen LogP contribution in [0.15, 0.2) is 23.8 Å². The molecule has 6 nitrogen and oxygen atoms in total. The topological polar surface area (TPSA) is 61.7 Å². The fraction of sp³-hybridized carbons (Fsp3) is 0.529. The zero-order valence-electron chi connectivity index (χ0n) is 14.2. The van der Waals surface area contributed by atoms with Gasteiger partial charge in [-0.1, -0.05) is 6.07 Å². The van der Waals surface area contributed by atoms with E-state index < -0.39 is 6.10 Å². The maximum atomic E-state index is 10.3. The number of fused-ring (bicyclic) bond motifs is 1. The largest absolute Gasteiger partial charge is 0.389 e. The van der Waals surface area contributed by atoms with Crippen LogP contribution >= 0.6 is 11.3 Å². The summed E-state index contributed by atoms with van der Waals surface area (Å²) in [6.45, 7) is 3.19. The average Bonchev–Trinajstić information content (AvgIpc) is 3.07. The van der Waals surface area contributed by atoms with Gasteiger partial charge in [0.25, 0.3) is 0 Å². The van der Waals surface area contributed by atoms with E-state index in [-0.39, 0.29) is 0 Å². The predicted molar refractivity (Wildman–Crippen MR) is 95.3 cm³/mol. The summed E-state index contributed by atoms with van der Waals surface area (Å²) in [7, 11) is 3.99. The summed E-state index contributed by atoms with van der Waals surface area (Å²) in [5, 5.41) is 12.3. The molecule has 1 aliphatic heterocycles. The van der Waals surface area contributed by atoms with Crippen LogP contribution in [0.4, 0.5) is 5.82 Å². The third kappa shape index (κ3) is 4.30. The molecule has 0 aromatic carbocycles. The van der Waals surface area contributed by atoms with Gasteiger partial charge in [0.15, 0.2) is 0 Å². The molecular formula is C17H24N4O2S. The van der Waals surface area contributed by atoms with Crippen LogP contribution in [-0.2, 0) is 24.3 Å². The van der Waals surface area contributed by atoms with Gasteiger partial charge in [-0.2, -0.15) is 0 Å². The molecule has 0 bridgehead atoms. The molecule has 7 heteroatoms. The molecule has 0 amide bonds. The van der Waals surface area contributed by atoms with E-state index in [1.54, 1.807) is 17.7 Å². The molecule has 1 N–H and O–H groups in total. The number of β-amino-alcohol motifs (C(OH)–C–C–N with tert-alkyl or cyclic N) is 1. The molecule has 0 radical (unpaired) electrons. The first-order valence-electron chi connectivity index (χ1n) is 8.14. The van der Waals surface area contributed by atoms with Crippen LogP contribution in [0.2, 0.25) is 0 Å². The summed E-state index contributed by atoms with van der Waals surface area (Å²) in [5.41, 5.74) is 2.29. The zero-order chi connectivity index (χ0) is 16.9. The fourth-order valence-corrected chi connectivity index (χ4v) is 3.60. The molecule has 130 valence electrons.